The molecule has 1 aromatic heterocycles. The molecule has 0 aliphatic carbocycles. The summed E-state index contributed by atoms with van der Waals surface area (Å²) in [6.07, 6.45) is -3.33. The summed E-state index contributed by atoms with van der Waals surface area (Å²) in [6.45, 7) is -3.10. The molecule has 1 amide bonds. The number of alkyl halides is 5. The van der Waals surface area contributed by atoms with Crippen molar-refractivity contribution in [3.8, 4) is 17.2 Å². The monoisotopic (exact) mass is 427 g/mol. The standard InChI is InChI=1S/C19H14F5N3O3/c1-29-15-10-27(12-6-4-5-11(9-12)19(22,23)24)26-16(15)17(28)25-13-7-2-3-8-14(13)30-18(20)21/h2-10,18H,1H3,(H,25,28). The van der Waals surface area contributed by atoms with E-state index in [0.717, 1.165) is 16.8 Å². The number of halogens is 5. The van der Waals surface area contributed by atoms with E-state index in [2.05, 4.69) is 15.2 Å². The van der Waals surface area contributed by atoms with Crippen LogP contribution in [0.1, 0.15) is 16.1 Å². The number of carbonyl (C=O) groups is 1. The number of hydrogen-bond donors (Lipinski definition) is 1. The van der Waals surface area contributed by atoms with Crippen LogP contribution in [-0.2, 0) is 6.18 Å². The lowest BCUT2D eigenvalue weighted by atomic mass is 10.2. The number of rotatable bonds is 6. The van der Waals surface area contributed by atoms with Crippen LogP contribution in [0.3, 0.4) is 0 Å². The van der Waals surface area contributed by atoms with Gasteiger partial charge in [0.15, 0.2) is 11.4 Å². The zero-order valence-corrected chi connectivity index (χ0v) is 15.3. The lowest BCUT2D eigenvalue weighted by molar-refractivity contribution is -0.137. The van der Waals surface area contributed by atoms with Crippen LogP contribution in [0, 0.1) is 0 Å². The van der Waals surface area contributed by atoms with Crippen molar-refractivity contribution in [3.05, 3.63) is 66.0 Å². The lowest BCUT2D eigenvalue weighted by Gasteiger charge is -2.11. The smallest absolute Gasteiger partial charge is 0.416 e. The van der Waals surface area contributed by atoms with Gasteiger partial charge < -0.3 is 14.8 Å². The number of methoxy groups -OCH3 is 1. The molecule has 0 fully saturated rings. The van der Waals surface area contributed by atoms with Gasteiger partial charge in [0.25, 0.3) is 5.91 Å². The van der Waals surface area contributed by atoms with E-state index in [1.165, 1.54) is 49.7 Å². The van der Waals surface area contributed by atoms with Crippen LogP contribution >= 0.6 is 0 Å². The summed E-state index contributed by atoms with van der Waals surface area (Å²) in [5.41, 5.74) is -1.15. The largest absolute Gasteiger partial charge is 0.493 e. The first-order chi connectivity index (χ1) is 14.2. The summed E-state index contributed by atoms with van der Waals surface area (Å²) in [5, 5.41) is 6.36. The first kappa shape index (κ1) is 21.1. The predicted octanol–water partition coefficient (Wildman–Crippen LogP) is 4.75. The molecule has 1 heterocycles. The molecule has 158 valence electrons. The van der Waals surface area contributed by atoms with Gasteiger partial charge in [0.2, 0.25) is 0 Å². The van der Waals surface area contributed by atoms with Gasteiger partial charge in [-0.2, -0.15) is 27.1 Å². The number of aromatic nitrogens is 2. The van der Waals surface area contributed by atoms with Crippen molar-refractivity contribution in [3.63, 3.8) is 0 Å². The van der Waals surface area contributed by atoms with Crippen LogP contribution in [0.5, 0.6) is 11.5 Å². The van der Waals surface area contributed by atoms with E-state index in [4.69, 9.17) is 4.74 Å². The molecule has 0 aliphatic rings. The molecule has 2 aromatic carbocycles. The van der Waals surface area contributed by atoms with Crippen LogP contribution in [0.4, 0.5) is 27.6 Å². The minimum absolute atomic E-state index is 0.0304. The van der Waals surface area contributed by atoms with Crippen LogP contribution in [0.2, 0.25) is 0 Å². The number of amides is 1. The fraction of sp³-hybridized carbons (Fsp3) is 0.158. The molecule has 6 nitrogen and oxygen atoms in total. The summed E-state index contributed by atoms with van der Waals surface area (Å²) in [5.74, 6) is -1.13. The van der Waals surface area contributed by atoms with Crippen molar-refractivity contribution in [1.82, 2.24) is 9.78 Å². The maximum Gasteiger partial charge on any atom is 0.416 e. The minimum Gasteiger partial charge on any atom is -0.493 e. The van der Waals surface area contributed by atoms with Gasteiger partial charge >= 0.3 is 12.8 Å². The number of para-hydroxylation sites is 2. The van der Waals surface area contributed by atoms with E-state index in [1.807, 2.05) is 0 Å². The predicted molar refractivity (Wildman–Crippen MR) is 96.1 cm³/mol. The molecule has 3 aromatic rings. The van der Waals surface area contributed by atoms with Crippen LogP contribution in [0.15, 0.2) is 54.7 Å². The molecule has 0 bridgehead atoms. The Hall–Kier alpha value is -3.63. The number of carbonyl (C=O) groups excluding carboxylic acids is 1. The van der Waals surface area contributed by atoms with Crippen LogP contribution < -0.4 is 14.8 Å². The Bertz CT molecular complexity index is 1050. The first-order valence-electron chi connectivity index (χ1n) is 8.35. The quantitative estimate of drug-likeness (QED) is 0.577. The molecule has 0 aliphatic heterocycles. The topological polar surface area (TPSA) is 65.4 Å². The highest BCUT2D eigenvalue weighted by molar-refractivity contribution is 6.05. The number of ether oxygens (including phenoxy) is 2. The van der Waals surface area contributed by atoms with Crippen molar-refractivity contribution in [1.29, 1.82) is 0 Å². The summed E-state index contributed by atoms with van der Waals surface area (Å²) >= 11 is 0. The molecule has 30 heavy (non-hydrogen) atoms. The fourth-order valence-electron chi connectivity index (χ4n) is 2.57. The molecule has 11 heteroatoms. The second-order valence-electron chi connectivity index (χ2n) is 5.87. The van der Waals surface area contributed by atoms with Crippen molar-refractivity contribution >= 4 is 11.6 Å². The van der Waals surface area contributed by atoms with Gasteiger partial charge in [-0.1, -0.05) is 18.2 Å². The maximum absolute atomic E-state index is 12.9. The summed E-state index contributed by atoms with van der Waals surface area (Å²) in [4.78, 5) is 12.6. The van der Waals surface area contributed by atoms with Gasteiger partial charge in [-0.25, -0.2) is 4.68 Å². The SMILES string of the molecule is COc1cn(-c2cccc(C(F)(F)F)c2)nc1C(=O)Nc1ccccc1OC(F)F. The summed E-state index contributed by atoms with van der Waals surface area (Å²) in [7, 11) is 1.25. The first-order valence-corrected chi connectivity index (χ1v) is 8.35. The Labute approximate surface area is 166 Å². The normalized spacial score (nSPS) is 11.4. The highest BCUT2D eigenvalue weighted by atomic mass is 19.4. The number of benzene rings is 2. The summed E-state index contributed by atoms with van der Waals surface area (Å²) < 4.78 is 74.4. The molecule has 0 spiro atoms. The van der Waals surface area contributed by atoms with Crippen molar-refractivity contribution in [2.75, 3.05) is 12.4 Å². The second kappa shape index (κ2) is 8.39. The van der Waals surface area contributed by atoms with Gasteiger partial charge in [0.05, 0.1) is 30.2 Å². The third kappa shape index (κ3) is 4.67. The van der Waals surface area contributed by atoms with Gasteiger partial charge in [-0.15, -0.1) is 0 Å². The Kier molecular flexibility index (Phi) is 5.90. The molecule has 0 atom stereocenters. The summed E-state index contributed by atoms with van der Waals surface area (Å²) in [6, 6.07) is 9.84. The van der Waals surface area contributed by atoms with Gasteiger partial charge in [-0.05, 0) is 30.3 Å². The molecule has 0 saturated carbocycles. The van der Waals surface area contributed by atoms with Crippen molar-refractivity contribution < 1.29 is 36.2 Å². The average Bonchev–Trinajstić information content (AvgIpc) is 3.13. The molecule has 0 radical (unpaired) electrons. The maximum atomic E-state index is 12.9. The van der Waals surface area contributed by atoms with E-state index in [1.54, 1.807) is 0 Å². The van der Waals surface area contributed by atoms with E-state index >= 15 is 0 Å². The third-order valence-corrected chi connectivity index (χ3v) is 3.90. The third-order valence-electron chi connectivity index (χ3n) is 3.90. The lowest BCUT2D eigenvalue weighted by Crippen LogP contribution is -2.15. The van der Waals surface area contributed by atoms with Gasteiger partial charge in [-0.3, -0.25) is 4.79 Å². The fourth-order valence-corrected chi connectivity index (χ4v) is 2.57. The van der Waals surface area contributed by atoms with E-state index in [9.17, 15) is 26.7 Å². The Balaban J connectivity index is 1.91. The van der Waals surface area contributed by atoms with Crippen molar-refractivity contribution in [2.45, 2.75) is 12.8 Å². The number of anilines is 1. The highest BCUT2D eigenvalue weighted by Crippen LogP contribution is 2.31. The van der Waals surface area contributed by atoms with Gasteiger partial charge in [0.1, 0.15) is 5.75 Å². The Morgan fingerprint density at radius 3 is 2.50 bits per heavy atom. The van der Waals surface area contributed by atoms with E-state index in [-0.39, 0.29) is 28.6 Å². The number of nitrogens with zero attached hydrogens (tertiary/aromatic N) is 2. The molecular formula is C19H14F5N3O3. The highest BCUT2D eigenvalue weighted by Gasteiger charge is 2.31. The molecule has 0 unspecified atom stereocenters. The second-order valence-corrected chi connectivity index (χ2v) is 5.87. The van der Waals surface area contributed by atoms with Crippen molar-refractivity contribution in [2.24, 2.45) is 0 Å². The van der Waals surface area contributed by atoms with Crippen LogP contribution in [-0.4, -0.2) is 29.4 Å². The number of hydrogen-bond acceptors (Lipinski definition) is 4. The Morgan fingerprint density at radius 1 is 1.10 bits per heavy atom. The Morgan fingerprint density at radius 2 is 1.83 bits per heavy atom. The van der Waals surface area contributed by atoms with Gasteiger partial charge in [0, 0.05) is 0 Å². The molecule has 3 rings (SSSR count). The molecule has 1 N–H and O–H groups in total. The molecular weight excluding hydrogens is 413 g/mol. The average molecular weight is 427 g/mol. The zero-order valence-electron chi connectivity index (χ0n) is 15.3. The number of nitrogens with one attached hydrogen (secondary N) is 1. The zero-order chi connectivity index (χ0) is 21.9. The van der Waals surface area contributed by atoms with E-state index < -0.39 is 24.3 Å². The minimum atomic E-state index is -4.55. The molecule has 0 saturated heterocycles. The van der Waals surface area contributed by atoms with E-state index in [0.29, 0.717) is 0 Å². The van der Waals surface area contributed by atoms with Crippen LogP contribution in [0.25, 0.3) is 5.69 Å².